The molecule has 2 rings (SSSR count). The van der Waals surface area contributed by atoms with E-state index in [0.717, 1.165) is 27.8 Å². The van der Waals surface area contributed by atoms with Gasteiger partial charge in [0.05, 0.1) is 11.0 Å². The molecule has 0 fully saturated rings. The van der Waals surface area contributed by atoms with E-state index in [1.54, 1.807) is 22.7 Å². The number of thiazole rings is 2. The highest BCUT2D eigenvalue weighted by Gasteiger charge is 2.11. The van der Waals surface area contributed by atoms with Crippen molar-refractivity contribution in [3.63, 3.8) is 0 Å². The van der Waals surface area contributed by atoms with Gasteiger partial charge < -0.3 is 5.73 Å². The second-order valence-corrected chi connectivity index (χ2v) is 5.29. The van der Waals surface area contributed by atoms with Gasteiger partial charge in [-0.3, -0.25) is 0 Å². The van der Waals surface area contributed by atoms with E-state index in [-0.39, 0.29) is 6.04 Å². The third-order valence-electron chi connectivity index (χ3n) is 2.16. The maximum absolute atomic E-state index is 5.92. The van der Waals surface area contributed by atoms with Crippen molar-refractivity contribution in [3.8, 4) is 11.4 Å². The summed E-state index contributed by atoms with van der Waals surface area (Å²) in [6.07, 6.45) is 0.920. The zero-order valence-corrected chi connectivity index (χ0v) is 10.4. The van der Waals surface area contributed by atoms with Crippen LogP contribution in [-0.4, -0.2) is 9.97 Å². The Labute approximate surface area is 97.0 Å². The number of hydrogen-bond donors (Lipinski definition) is 1. The molecule has 0 bridgehead atoms. The Balaban J connectivity index is 2.27. The number of nitrogens with zero attached hydrogens (tertiary/aromatic N) is 2. The molecule has 2 aromatic heterocycles. The topological polar surface area (TPSA) is 51.8 Å². The maximum atomic E-state index is 5.92. The molecule has 80 valence electrons. The lowest BCUT2D eigenvalue weighted by atomic mass is 10.2. The smallest absolute Gasteiger partial charge is 0.110 e. The van der Waals surface area contributed by atoms with Crippen LogP contribution >= 0.6 is 22.7 Å². The first kappa shape index (κ1) is 10.7. The van der Waals surface area contributed by atoms with Crippen LogP contribution in [0.25, 0.3) is 11.4 Å². The first-order chi connectivity index (χ1) is 7.20. The zero-order valence-electron chi connectivity index (χ0n) is 8.73. The molecule has 0 aliphatic carbocycles. The maximum Gasteiger partial charge on any atom is 0.110 e. The summed E-state index contributed by atoms with van der Waals surface area (Å²) in [6, 6.07) is 0.0588. The van der Waals surface area contributed by atoms with Gasteiger partial charge in [-0.1, -0.05) is 6.92 Å². The lowest BCUT2D eigenvalue weighted by Gasteiger charge is -2.01. The summed E-state index contributed by atoms with van der Waals surface area (Å²) in [7, 11) is 0. The molecule has 0 radical (unpaired) electrons. The predicted molar refractivity (Wildman–Crippen MR) is 65.2 cm³/mol. The van der Waals surface area contributed by atoms with Gasteiger partial charge >= 0.3 is 0 Å². The van der Waals surface area contributed by atoms with Gasteiger partial charge in [-0.05, 0) is 13.3 Å². The molecule has 1 unspecified atom stereocenters. The summed E-state index contributed by atoms with van der Waals surface area (Å²) < 4.78 is 0. The highest BCUT2D eigenvalue weighted by molar-refractivity contribution is 7.10. The second kappa shape index (κ2) is 4.38. The molecule has 2 aromatic rings. The van der Waals surface area contributed by atoms with E-state index in [4.69, 9.17) is 5.73 Å². The summed E-state index contributed by atoms with van der Waals surface area (Å²) in [5, 5.41) is 6.13. The van der Waals surface area contributed by atoms with Gasteiger partial charge in [0.1, 0.15) is 16.4 Å². The first-order valence-corrected chi connectivity index (χ1v) is 6.60. The molecular weight excluding hydrogens is 226 g/mol. The minimum atomic E-state index is 0.0588. The van der Waals surface area contributed by atoms with Crippen LogP contribution in [-0.2, 0) is 0 Å². The fourth-order valence-corrected chi connectivity index (χ4v) is 2.74. The molecule has 2 heterocycles. The number of rotatable bonds is 3. The first-order valence-electron chi connectivity index (χ1n) is 4.84. The van der Waals surface area contributed by atoms with Crippen LogP contribution in [0.5, 0.6) is 0 Å². The lowest BCUT2D eigenvalue weighted by Crippen LogP contribution is -2.07. The van der Waals surface area contributed by atoms with Gasteiger partial charge in [0, 0.05) is 10.8 Å². The monoisotopic (exact) mass is 239 g/mol. The molecule has 0 saturated heterocycles. The van der Waals surface area contributed by atoms with Crippen molar-refractivity contribution < 1.29 is 0 Å². The van der Waals surface area contributed by atoms with Crippen LogP contribution < -0.4 is 5.73 Å². The van der Waals surface area contributed by atoms with E-state index >= 15 is 0 Å². The summed E-state index contributed by atoms with van der Waals surface area (Å²) in [5.41, 5.74) is 7.83. The van der Waals surface area contributed by atoms with Crippen molar-refractivity contribution in [2.24, 2.45) is 5.73 Å². The Hall–Kier alpha value is -0.780. The van der Waals surface area contributed by atoms with Crippen LogP contribution in [0, 0.1) is 6.92 Å². The molecule has 1 atom stereocenters. The normalized spacial score (nSPS) is 13.0. The molecule has 0 spiro atoms. The Bertz CT molecular complexity index is 447. The Kier molecular flexibility index (Phi) is 3.14. The van der Waals surface area contributed by atoms with Gasteiger partial charge in [-0.25, -0.2) is 9.97 Å². The van der Waals surface area contributed by atoms with Crippen molar-refractivity contribution in [1.82, 2.24) is 9.97 Å². The van der Waals surface area contributed by atoms with Crippen molar-refractivity contribution in [1.29, 1.82) is 0 Å². The van der Waals surface area contributed by atoms with Crippen molar-refractivity contribution in [2.45, 2.75) is 26.3 Å². The molecular formula is C10H13N3S2. The second-order valence-electron chi connectivity index (χ2n) is 3.34. The quantitative estimate of drug-likeness (QED) is 0.895. The van der Waals surface area contributed by atoms with E-state index in [0.29, 0.717) is 0 Å². The molecule has 0 saturated carbocycles. The molecule has 15 heavy (non-hydrogen) atoms. The van der Waals surface area contributed by atoms with Crippen LogP contribution in [0.1, 0.15) is 29.4 Å². The highest BCUT2D eigenvalue weighted by Crippen LogP contribution is 2.26. The molecule has 0 aromatic carbocycles. The van der Waals surface area contributed by atoms with Gasteiger partial charge in [0.25, 0.3) is 0 Å². The van der Waals surface area contributed by atoms with Crippen LogP contribution in [0.3, 0.4) is 0 Å². The standard InChI is InChI=1S/C10H13N3S2/c1-3-7(11)10-13-9(5-15-10)8-4-14-6(2)12-8/h4-5,7H,3,11H2,1-2H3. The fraction of sp³-hybridized carbons (Fsp3) is 0.400. The minimum Gasteiger partial charge on any atom is -0.322 e. The van der Waals surface area contributed by atoms with Gasteiger partial charge in [-0.2, -0.15) is 0 Å². The highest BCUT2D eigenvalue weighted by atomic mass is 32.1. The molecule has 2 N–H and O–H groups in total. The third-order valence-corrected chi connectivity index (χ3v) is 3.91. The van der Waals surface area contributed by atoms with Crippen LogP contribution in [0.2, 0.25) is 0 Å². The molecule has 0 aliphatic rings. The lowest BCUT2D eigenvalue weighted by molar-refractivity contribution is 0.693. The van der Waals surface area contributed by atoms with Crippen molar-refractivity contribution in [2.75, 3.05) is 0 Å². The minimum absolute atomic E-state index is 0.0588. The Morgan fingerprint density at radius 1 is 1.27 bits per heavy atom. The van der Waals surface area contributed by atoms with Gasteiger partial charge in [-0.15, -0.1) is 22.7 Å². The van der Waals surface area contributed by atoms with E-state index in [2.05, 4.69) is 16.9 Å². The average Bonchev–Trinajstić information content (AvgIpc) is 2.84. The van der Waals surface area contributed by atoms with E-state index in [9.17, 15) is 0 Å². The Morgan fingerprint density at radius 3 is 2.53 bits per heavy atom. The molecule has 3 nitrogen and oxygen atoms in total. The van der Waals surface area contributed by atoms with E-state index < -0.39 is 0 Å². The number of hydrogen-bond acceptors (Lipinski definition) is 5. The van der Waals surface area contributed by atoms with Crippen molar-refractivity contribution in [3.05, 3.63) is 20.8 Å². The third kappa shape index (κ3) is 2.25. The zero-order chi connectivity index (χ0) is 10.8. The largest absolute Gasteiger partial charge is 0.322 e. The number of aryl methyl sites for hydroxylation is 1. The van der Waals surface area contributed by atoms with E-state index in [1.165, 1.54) is 0 Å². The van der Waals surface area contributed by atoms with Crippen LogP contribution in [0.15, 0.2) is 10.8 Å². The number of nitrogens with two attached hydrogens (primary N) is 1. The van der Waals surface area contributed by atoms with Gasteiger partial charge in [0.2, 0.25) is 0 Å². The summed E-state index contributed by atoms with van der Waals surface area (Å²) in [4.78, 5) is 8.90. The van der Waals surface area contributed by atoms with Crippen LogP contribution in [0.4, 0.5) is 0 Å². The predicted octanol–water partition coefficient (Wildman–Crippen LogP) is 2.98. The van der Waals surface area contributed by atoms with Crippen molar-refractivity contribution >= 4 is 22.7 Å². The Morgan fingerprint density at radius 2 is 1.93 bits per heavy atom. The summed E-state index contributed by atoms with van der Waals surface area (Å²) in [5.74, 6) is 0. The SMILES string of the molecule is CCC(N)c1nc(-c2csc(C)n2)cs1. The fourth-order valence-electron chi connectivity index (χ4n) is 1.23. The van der Waals surface area contributed by atoms with E-state index in [1.807, 2.05) is 17.7 Å². The molecule has 0 amide bonds. The summed E-state index contributed by atoms with van der Waals surface area (Å²) in [6.45, 7) is 4.07. The summed E-state index contributed by atoms with van der Waals surface area (Å²) >= 11 is 3.26. The molecule has 5 heteroatoms. The van der Waals surface area contributed by atoms with Gasteiger partial charge in [0.15, 0.2) is 0 Å². The molecule has 0 aliphatic heterocycles. The average molecular weight is 239 g/mol. The number of aromatic nitrogens is 2.